The van der Waals surface area contributed by atoms with Crippen molar-refractivity contribution in [3.05, 3.63) is 46.2 Å². The van der Waals surface area contributed by atoms with Crippen LogP contribution in [0.25, 0.3) is 11.3 Å². The predicted molar refractivity (Wildman–Crippen MR) is 120 cm³/mol. The van der Waals surface area contributed by atoms with Gasteiger partial charge in [0.15, 0.2) is 0 Å². The molecule has 2 N–H and O–H groups in total. The van der Waals surface area contributed by atoms with E-state index < -0.39 is 5.92 Å². The van der Waals surface area contributed by atoms with E-state index in [0.717, 1.165) is 30.1 Å². The third-order valence-electron chi connectivity index (χ3n) is 5.45. The van der Waals surface area contributed by atoms with Crippen molar-refractivity contribution in [2.45, 2.75) is 19.8 Å². The van der Waals surface area contributed by atoms with Gasteiger partial charge in [0, 0.05) is 37.0 Å². The van der Waals surface area contributed by atoms with Crippen molar-refractivity contribution >= 4 is 11.6 Å². The summed E-state index contributed by atoms with van der Waals surface area (Å²) in [6.45, 7) is 6.71. The highest BCUT2D eigenvalue weighted by Gasteiger charge is 2.27. The molecule has 7 nitrogen and oxygen atoms in total. The smallest absolute Gasteiger partial charge is 0.252 e. The van der Waals surface area contributed by atoms with Gasteiger partial charge in [0.05, 0.1) is 18.2 Å². The zero-order valence-corrected chi connectivity index (χ0v) is 18.5. The number of ether oxygens (including phenoxy) is 1. The summed E-state index contributed by atoms with van der Waals surface area (Å²) >= 11 is 0. The Morgan fingerprint density at radius 1 is 1.27 bits per heavy atom. The second-order valence-electron chi connectivity index (χ2n) is 8.42. The Morgan fingerprint density at radius 2 is 2.03 bits per heavy atom. The number of amides is 1. The monoisotopic (exact) mass is 412 g/mol. The van der Waals surface area contributed by atoms with E-state index in [9.17, 15) is 9.59 Å². The normalized spacial score (nSPS) is 14.4. The third-order valence-corrected chi connectivity index (χ3v) is 5.45. The van der Waals surface area contributed by atoms with Crippen LogP contribution in [-0.2, 0) is 4.79 Å². The highest BCUT2D eigenvalue weighted by Crippen LogP contribution is 2.34. The lowest BCUT2D eigenvalue weighted by atomic mass is 9.88. The summed E-state index contributed by atoms with van der Waals surface area (Å²) < 4.78 is 5.78. The van der Waals surface area contributed by atoms with Crippen LogP contribution in [0.5, 0.6) is 5.75 Å². The molecule has 30 heavy (non-hydrogen) atoms. The van der Waals surface area contributed by atoms with Crippen LogP contribution in [0, 0.1) is 5.92 Å². The van der Waals surface area contributed by atoms with Crippen LogP contribution in [0.4, 0.5) is 5.69 Å². The lowest BCUT2D eigenvalue weighted by Gasteiger charge is -2.28. The van der Waals surface area contributed by atoms with Gasteiger partial charge in [-0.05, 0) is 38.2 Å². The Bertz CT molecular complexity index is 952. The van der Waals surface area contributed by atoms with Crippen molar-refractivity contribution in [3.8, 4) is 17.0 Å². The number of nitrogens with one attached hydrogen (secondary N) is 2. The fraction of sp³-hybridized carbons (Fsp3) is 0.478. The van der Waals surface area contributed by atoms with Crippen LogP contribution in [0.1, 0.15) is 25.3 Å². The maximum Gasteiger partial charge on any atom is 0.252 e. The molecule has 0 radical (unpaired) electrons. The van der Waals surface area contributed by atoms with Gasteiger partial charge >= 0.3 is 0 Å². The largest absolute Gasteiger partial charge is 0.490 e. The van der Waals surface area contributed by atoms with E-state index in [2.05, 4.69) is 15.2 Å². The number of rotatable bonds is 7. The van der Waals surface area contributed by atoms with Gasteiger partial charge < -0.3 is 24.8 Å². The number of aromatic nitrogens is 1. The van der Waals surface area contributed by atoms with Gasteiger partial charge in [-0.25, -0.2) is 0 Å². The number of hydrogen-bond donors (Lipinski definition) is 2. The molecule has 1 amide bonds. The quantitative estimate of drug-likeness (QED) is 0.730. The molecule has 1 aliphatic heterocycles. The molecular formula is C23H32N4O3. The van der Waals surface area contributed by atoms with E-state index in [0.29, 0.717) is 24.4 Å². The maximum atomic E-state index is 12.9. The molecule has 1 aliphatic rings. The third kappa shape index (κ3) is 4.84. The van der Waals surface area contributed by atoms with Gasteiger partial charge in [0.2, 0.25) is 5.91 Å². The summed E-state index contributed by atoms with van der Waals surface area (Å²) in [5, 5.41) is 2.95. The molecule has 1 aromatic carbocycles. The summed E-state index contributed by atoms with van der Waals surface area (Å²) in [5.41, 5.74) is 2.89. The van der Waals surface area contributed by atoms with Crippen LogP contribution < -0.4 is 20.5 Å². The highest BCUT2D eigenvalue weighted by atomic mass is 16.5. The Labute approximate surface area is 178 Å². The number of nitrogens with zero attached hydrogens (tertiary/aromatic N) is 2. The number of aromatic amines is 1. The van der Waals surface area contributed by atoms with Gasteiger partial charge in [-0.3, -0.25) is 9.59 Å². The maximum absolute atomic E-state index is 12.9. The summed E-state index contributed by atoms with van der Waals surface area (Å²) in [6, 6.07) is 9.57. The lowest BCUT2D eigenvalue weighted by molar-refractivity contribution is -0.123. The molecule has 162 valence electrons. The molecule has 0 spiro atoms. The zero-order chi connectivity index (χ0) is 21.8. The van der Waals surface area contributed by atoms with Crippen molar-refractivity contribution in [3.63, 3.8) is 0 Å². The minimum Gasteiger partial charge on any atom is -0.490 e. The molecule has 3 rings (SSSR count). The number of fused-ring (bicyclic) bond motifs is 1. The number of carbonyl (C=O) groups is 1. The molecule has 2 heterocycles. The molecular weight excluding hydrogens is 380 g/mol. The zero-order valence-electron chi connectivity index (χ0n) is 18.5. The fourth-order valence-electron chi connectivity index (χ4n) is 3.74. The first-order chi connectivity index (χ1) is 14.3. The minimum absolute atomic E-state index is 0.00369. The number of benzene rings is 1. The van der Waals surface area contributed by atoms with Crippen molar-refractivity contribution < 1.29 is 9.53 Å². The summed E-state index contributed by atoms with van der Waals surface area (Å²) in [5.74, 6) is 0.205. The number of carbonyl (C=O) groups excluding carboxylic acids is 1. The molecule has 0 saturated heterocycles. The molecule has 1 unspecified atom stereocenters. The van der Waals surface area contributed by atoms with Crippen LogP contribution in [0.15, 0.2) is 35.1 Å². The van der Waals surface area contributed by atoms with Gasteiger partial charge in [-0.1, -0.05) is 26.0 Å². The fourth-order valence-corrected chi connectivity index (χ4v) is 3.74. The second-order valence-corrected chi connectivity index (χ2v) is 8.42. The standard InChI is InChI=1S/C23H32N4O3/c1-15(2)21(23(29)24-10-11-26(3)4)17-7-8-18(25-22(17)28)16-6-9-19-20(14-16)30-13-12-27(19)5/h6-9,14-15,21H,10-13H2,1-5H3,(H,24,29)(H,25,28). The molecule has 1 atom stereocenters. The van der Waals surface area contributed by atoms with Crippen molar-refractivity contribution in [1.29, 1.82) is 0 Å². The summed E-state index contributed by atoms with van der Waals surface area (Å²) in [4.78, 5) is 32.8. The Kier molecular flexibility index (Phi) is 6.82. The average molecular weight is 413 g/mol. The Balaban J connectivity index is 1.85. The number of pyridine rings is 1. The molecule has 0 bridgehead atoms. The Morgan fingerprint density at radius 3 is 2.70 bits per heavy atom. The van der Waals surface area contributed by atoms with Crippen molar-refractivity contribution in [2.75, 3.05) is 52.3 Å². The number of likely N-dealkylation sites (N-methyl/N-ethyl adjacent to an activating group) is 2. The second kappa shape index (κ2) is 9.34. The first kappa shape index (κ1) is 21.9. The highest BCUT2D eigenvalue weighted by molar-refractivity contribution is 5.84. The molecule has 7 heteroatoms. The minimum atomic E-state index is -0.495. The van der Waals surface area contributed by atoms with Crippen LogP contribution in [0.2, 0.25) is 0 Å². The predicted octanol–water partition coefficient (Wildman–Crippen LogP) is 2.29. The Hall–Kier alpha value is -2.80. The van der Waals surface area contributed by atoms with E-state index in [1.54, 1.807) is 6.07 Å². The molecule has 2 aromatic rings. The van der Waals surface area contributed by atoms with Crippen LogP contribution in [-0.4, -0.2) is 63.2 Å². The van der Waals surface area contributed by atoms with Gasteiger partial charge in [-0.2, -0.15) is 0 Å². The average Bonchev–Trinajstić information content (AvgIpc) is 2.69. The van der Waals surface area contributed by atoms with Crippen molar-refractivity contribution in [1.82, 2.24) is 15.2 Å². The molecule has 0 saturated carbocycles. The van der Waals surface area contributed by atoms with Gasteiger partial charge in [-0.15, -0.1) is 0 Å². The lowest BCUT2D eigenvalue weighted by Crippen LogP contribution is -2.38. The van der Waals surface area contributed by atoms with Crippen LogP contribution >= 0.6 is 0 Å². The van der Waals surface area contributed by atoms with E-state index in [1.807, 2.05) is 64.2 Å². The topological polar surface area (TPSA) is 77.7 Å². The molecule has 0 fully saturated rings. The van der Waals surface area contributed by atoms with Gasteiger partial charge in [0.1, 0.15) is 12.4 Å². The first-order valence-electron chi connectivity index (χ1n) is 10.4. The van der Waals surface area contributed by atoms with E-state index >= 15 is 0 Å². The van der Waals surface area contributed by atoms with E-state index in [1.165, 1.54) is 0 Å². The number of H-pyrrole nitrogens is 1. The SMILES string of the molecule is CC(C)C(C(=O)NCCN(C)C)c1ccc(-c2ccc3c(c2)OCCN3C)[nH]c1=O. The summed E-state index contributed by atoms with van der Waals surface area (Å²) in [7, 11) is 5.95. The summed E-state index contributed by atoms with van der Waals surface area (Å²) in [6.07, 6.45) is 0. The van der Waals surface area contributed by atoms with E-state index in [-0.39, 0.29) is 17.4 Å². The number of anilines is 1. The first-order valence-corrected chi connectivity index (χ1v) is 10.4. The van der Waals surface area contributed by atoms with E-state index in [4.69, 9.17) is 4.74 Å². The number of hydrogen-bond acceptors (Lipinski definition) is 5. The van der Waals surface area contributed by atoms with Crippen LogP contribution in [0.3, 0.4) is 0 Å². The van der Waals surface area contributed by atoms with Crippen molar-refractivity contribution in [2.24, 2.45) is 5.92 Å². The molecule has 0 aliphatic carbocycles. The molecule has 1 aromatic heterocycles. The van der Waals surface area contributed by atoms with Gasteiger partial charge in [0.25, 0.3) is 5.56 Å².